The predicted octanol–water partition coefficient (Wildman–Crippen LogP) is 2.47. The molecule has 3 atom stereocenters. The molecule has 0 saturated heterocycles. The molecule has 0 aliphatic carbocycles. The number of guanidine groups is 1. The van der Waals surface area contributed by atoms with Gasteiger partial charge in [-0.25, -0.2) is 4.79 Å². The number of alkyl halides is 3. The first kappa shape index (κ1) is 39.4. The minimum atomic E-state index is -5.08. The number of aliphatic imine (C=N–C) groups is 1. The molecule has 0 saturated carbocycles. The number of nitrogens with two attached hydrogens (primary N) is 3. The zero-order valence-electron chi connectivity index (χ0n) is 26.5. The number of carbonyl (C=O) groups excluding carboxylic acids is 3. The van der Waals surface area contributed by atoms with E-state index in [4.69, 9.17) is 31.8 Å². The van der Waals surface area contributed by atoms with E-state index in [1.54, 1.807) is 13.2 Å². The SMILES string of the molecule is COc1cc(NC(=O)[C@H](CCCN=C(N)N)NC(=O)[C@H](CC(C)C)NC(=O)[C@H](N)C(C)C)cc2ccccc12.O=C(O)C(F)(F)F. The second-order valence-electron chi connectivity index (χ2n) is 11.2. The van der Waals surface area contributed by atoms with Gasteiger partial charge in [0.15, 0.2) is 5.96 Å². The Balaban J connectivity index is 0.00000135. The van der Waals surface area contributed by atoms with Crippen LogP contribution in [0.1, 0.15) is 47.0 Å². The van der Waals surface area contributed by atoms with Crippen molar-refractivity contribution in [3.8, 4) is 5.75 Å². The lowest BCUT2D eigenvalue weighted by Crippen LogP contribution is -2.56. The highest BCUT2D eigenvalue weighted by atomic mass is 19.4. The molecule has 16 heteroatoms. The van der Waals surface area contributed by atoms with Crippen LogP contribution in [0.2, 0.25) is 0 Å². The monoisotopic (exact) mass is 655 g/mol. The van der Waals surface area contributed by atoms with Crippen LogP contribution in [0.4, 0.5) is 18.9 Å². The number of amides is 3. The van der Waals surface area contributed by atoms with E-state index in [-0.39, 0.29) is 24.2 Å². The van der Waals surface area contributed by atoms with E-state index in [0.29, 0.717) is 30.8 Å². The number of methoxy groups -OCH3 is 1. The van der Waals surface area contributed by atoms with Gasteiger partial charge in [0, 0.05) is 23.7 Å². The van der Waals surface area contributed by atoms with Crippen LogP contribution in [0, 0.1) is 11.8 Å². The number of hydrogen-bond donors (Lipinski definition) is 7. The molecule has 0 unspecified atom stereocenters. The van der Waals surface area contributed by atoms with Crippen LogP contribution in [-0.2, 0) is 19.2 Å². The number of carbonyl (C=O) groups is 4. The molecule has 2 aromatic rings. The van der Waals surface area contributed by atoms with Crippen LogP contribution in [0.3, 0.4) is 0 Å². The summed E-state index contributed by atoms with van der Waals surface area (Å²) in [5.74, 6) is -3.49. The number of ether oxygens (including phenoxy) is 1. The number of rotatable bonds is 14. The van der Waals surface area contributed by atoms with Gasteiger partial charge in [-0.2, -0.15) is 13.2 Å². The first-order valence-corrected chi connectivity index (χ1v) is 14.5. The Labute approximate surface area is 265 Å². The number of halogens is 3. The average molecular weight is 656 g/mol. The average Bonchev–Trinajstić information content (AvgIpc) is 2.96. The summed E-state index contributed by atoms with van der Waals surface area (Å²) >= 11 is 0. The lowest BCUT2D eigenvalue weighted by molar-refractivity contribution is -0.192. The van der Waals surface area contributed by atoms with Gasteiger partial charge >= 0.3 is 12.1 Å². The fourth-order valence-electron chi connectivity index (χ4n) is 4.06. The first-order chi connectivity index (χ1) is 21.4. The van der Waals surface area contributed by atoms with Crippen molar-refractivity contribution in [2.45, 2.75) is 71.3 Å². The van der Waals surface area contributed by atoms with Gasteiger partial charge in [0.25, 0.3) is 0 Å². The quantitative estimate of drug-likeness (QED) is 0.0900. The van der Waals surface area contributed by atoms with Crippen LogP contribution < -0.4 is 37.9 Å². The molecular weight excluding hydrogens is 611 g/mol. The highest BCUT2D eigenvalue weighted by Crippen LogP contribution is 2.30. The van der Waals surface area contributed by atoms with Gasteiger partial charge in [-0.1, -0.05) is 52.0 Å². The smallest absolute Gasteiger partial charge is 0.490 e. The molecule has 0 bridgehead atoms. The van der Waals surface area contributed by atoms with Gasteiger partial charge < -0.3 is 43.0 Å². The third-order valence-corrected chi connectivity index (χ3v) is 6.49. The minimum absolute atomic E-state index is 0.0514. The molecule has 2 aromatic carbocycles. The van der Waals surface area contributed by atoms with Gasteiger partial charge in [-0.05, 0) is 42.6 Å². The van der Waals surface area contributed by atoms with Crippen LogP contribution in [0.25, 0.3) is 10.8 Å². The molecule has 0 aliphatic heterocycles. The molecule has 0 aromatic heterocycles. The third kappa shape index (κ3) is 13.6. The van der Waals surface area contributed by atoms with Crippen molar-refractivity contribution in [2.75, 3.05) is 19.0 Å². The number of carboxylic acid groups (broad SMARTS) is 1. The number of benzene rings is 2. The van der Waals surface area contributed by atoms with E-state index in [2.05, 4.69) is 20.9 Å². The molecule has 13 nitrogen and oxygen atoms in total. The molecule has 0 aliphatic rings. The summed E-state index contributed by atoms with van der Waals surface area (Å²) in [5.41, 5.74) is 17.4. The molecule has 256 valence electrons. The van der Waals surface area contributed by atoms with Gasteiger partial charge in [-0.3, -0.25) is 19.4 Å². The van der Waals surface area contributed by atoms with Crippen molar-refractivity contribution in [1.29, 1.82) is 0 Å². The van der Waals surface area contributed by atoms with Gasteiger partial charge in [0.2, 0.25) is 17.7 Å². The maximum absolute atomic E-state index is 13.4. The second kappa shape index (κ2) is 18.4. The van der Waals surface area contributed by atoms with E-state index >= 15 is 0 Å². The summed E-state index contributed by atoms with van der Waals surface area (Å²) in [6.07, 6.45) is -3.99. The standard InChI is InChI=1S/C28H43N7O4.C2HF3O2/c1-16(2)13-22(35-27(38)24(29)17(3)4)26(37)34-21(11-8-12-32-28(30)31)25(36)33-19-14-18-9-6-7-10-20(18)23(15-19)39-5;3-2(4,5)1(6)7/h6-7,9-10,14-17,21-22,24H,8,11-13,29H2,1-5H3,(H,33,36)(H,34,37)(H,35,38)(H4,30,31,32);(H,6,7)/t21-,22-,24+;/m0./s1. The summed E-state index contributed by atoms with van der Waals surface area (Å²) in [4.78, 5) is 52.3. The van der Waals surface area contributed by atoms with Crippen LogP contribution in [0.15, 0.2) is 41.4 Å². The number of nitrogens with zero attached hydrogens (tertiary/aromatic N) is 1. The number of fused-ring (bicyclic) bond motifs is 1. The normalized spacial score (nSPS) is 13.1. The van der Waals surface area contributed by atoms with Crippen molar-refractivity contribution in [2.24, 2.45) is 34.0 Å². The van der Waals surface area contributed by atoms with E-state index < -0.39 is 48.0 Å². The topological polar surface area (TPSA) is 224 Å². The lowest BCUT2D eigenvalue weighted by atomic mass is 10.00. The number of anilines is 1. The minimum Gasteiger partial charge on any atom is -0.496 e. The largest absolute Gasteiger partial charge is 0.496 e. The van der Waals surface area contributed by atoms with Crippen LogP contribution in [0.5, 0.6) is 5.75 Å². The Kier molecular flexibility index (Phi) is 15.8. The molecule has 0 spiro atoms. The summed E-state index contributed by atoms with van der Waals surface area (Å²) in [6, 6.07) is 8.71. The van der Waals surface area contributed by atoms with Crippen molar-refractivity contribution >= 4 is 46.1 Å². The summed E-state index contributed by atoms with van der Waals surface area (Å²) in [7, 11) is 1.56. The molecular formula is C30H44F3N7O6. The zero-order valence-corrected chi connectivity index (χ0v) is 26.5. The van der Waals surface area contributed by atoms with E-state index in [0.717, 1.165) is 10.8 Å². The molecule has 0 heterocycles. The molecule has 3 amide bonds. The Morgan fingerprint density at radius 2 is 1.54 bits per heavy atom. The Morgan fingerprint density at radius 1 is 0.957 bits per heavy atom. The molecule has 10 N–H and O–H groups in total. The first-order valence-electron chi connectivity index (χ1n) is 14.5. The van der Waals surface area contributed by atoms with Crippen molar-refractivity contribution in [3.05, 3.63) is 36.4 Å². The molecule has 2 rings (SSSR count). The zero-order chi connectivity index (χ0) is 35.2. The summed E-state index contributed by atoms with van der Waals surface area (Å²) in [5, 5.41) is 17.4. The van der Waals surface area contributed by atoms with Crippen LogP contribution >= 0.6 is 0 Å². The summed E-state index contributed by atoms with van der Waals surface area (Å²) < 4.78 is 37.2. The second-order valence-corrected chi connectivity index (χ2v) is 11.2. The Bertz CT molecular complexity index is 1360. The number of nitrogens with one attached hydrogen (secondary N) is 3. The predicted molar refractivity (Wildman–Crippen MR) is 169 cm³/mol. The highest BCUT2D eigenvalue weighted by molar-refractivity contribution is 6.01. The Hall–Kier alpha value is -4.60. The van der Waals surface area contributed by atoms with Gasteiger partial charge in [0.05, 0.1) is 13.2 Å². The number of aliphatic carboxylic acids is 1. The van der Waals surface area contributed by atoms with Crippen molar-refractivity contribution in [1.82, 2.24) is 10.6 Å². The number of hydrogen-bond acceptors (Lipinski definition) is 7. The maximum Gasteiger partial charge on any atom is 0.490 e. The highest BCUT2D eigenvalue weighted by Gasteiger charge is 2.38. The van der Waals surface area contributed by atoms with Crippen molar-refractivity contribution in [3.63, 3.8) is 0 Å². The van der Waals surface area contributed by atoms with E-state index in [1.165, 1.54) is 0 Å². The molecule has 46 heavy (non-hydrogen) atoms. The maximum atomic E-state index is 13.4. The third-order valence-electron chi connectivity index (χ3n) is 6.49. The van der Waals surface area contributed by atoms with Gasteiger partial charge in [0.1, 0.15) is 17.8 Å². The Morgan fingerprint density at radius 3 is 2.07 bits per heavy atom. The van der Waals surface area contributed by atoms with E-state index in [1.807, 2.05) is 58.0 Å². The fraction of sp³-hybridized carbons (Fsp3) is 0.500. The van der Waals surface area contributed by atoms with E-state index in [9.17, 15) is 27.6 Å². The molecule has 0 radical (unpaired) electrons. The van der Waals surface area contributed by atoms with Gasteiger partial charge in [-0.15, -0.1) is 0 Å². The molecule has 0 fully saturated rings. The van der Waals surface area contributed by atoms with Crippen LogP contribution in [-0.4, -0.2) is 72.7 Å². The summed E-state index contributed by atoms with van der Waals surface area (Å²) in [6.45, 7) is 7.85. The fourth-order valence-corrected chi connectivity index (χ4v) is 4.06. The van der Waals surface area contributed by atoms with Crippen molar-refractivity contribution < 1.29 is 42.2 Å². The number of carboxylic acids is 1. The lowest BCUT2D eigenvalue weighted by Gasteiger charge is -2.26.